The Kier molecular flexibility index (Phi) is 4.63. The fraction of sp³-hybridized carbons (Fsp3) is 1.00. The van der Waals surface area contributed by atoms with Gasteiger partial charge in [-0.25, -0.2) is 0 Å². The molecule has 3 fully saturated rings. The summed E-state index contributed by atoms with van der Waals surface area (Å²) in [7, 11) is 0. The van der Waals surface area contributed by atoms with Crippen LogP contribution in [0.2, 0.25) is 0 Å². The molecule has 0 radical (unpaired) electrons. The van der Waals surface area contributed by atoms with Crippen LogP contribution in [0.25, 0.3) is 0 Å². The van der Waals surface area contributed by atoms with E-state index in [4.69, 9.17) is 4.74 Å². The minimum absolute atomic E-state index is 0.335. The van der Waals surface area contributed by atoms with Crippen molar-refractivity contribution in [3.05, 3.63) is 0 Å². The number of hydrogen-bond acceptors (Lipinski definition) is 3. The van der Waals surface area contributed by atoms with Gasteiger partial charge in [0.05, 0.1) is 6.10 Å². The minimum atomic E-state index is 0.335. The monoisotopic (exact) mass is 294 g/mol. The molecule has 0 aromatic rings. The van der Waals surface area contributed by atoms with Gasteiger partial charge in [0.1, 0.15) is 0 Å². The van der Waals surface area contributed by atoms with Crippen molar-refractivity contribution < 1.29 is 4.74 Å². The zero-order chi connectivity index (χ0) is 14.9. The first kappa shape index (κ1) is 15.8. The molecule has 2 aliphatic heterocycles. The maximum Gasteiger partial charge on any atom is 0.0702 e. The number of piperazine rings is 1. The van der Waals surface area contributed by atoms with Gasteiger partial charge < -0.3 is 10.1 Å². The number of nitrogens with one attached hydrogen (secondary N) is 1. The summed E-state index contributed by atoms with van der Waals surface area (Å²) in [5.74, 6) is 0. The minimum Gasteiger partial charge on any atom is -0.377 e. The van der Waals surface area contributed by atoms with Gasteiger partial charge in [0.15, 0.2) is 0 Å². The molecule has 2 saturated heterocycles. The maximum atomic E-state index is 6.03. The topological polar surface area (TPSA) is 24.5 Å². The maximum absolute atomic E-state index is 6.03. The Balaban J connectivity index is 1.69. The first-order chi connectivity index (χ1) is 9.99. The first-order valence-electron chi connectivity index (χ1n) is 9.09. The predicted octanol–water partition coefficient (Wildman–Crippen LogP) is 3.19. The number of rotatable bonds is 2. The largest absolute Gasteiger partial charge is 0.377 e. The second-order valence-corrected chi connectivity index (χ2v) is 8.67. The molecule has 2 atom stereocenters. The van der Waals surface area contributed by atoms with Gasteiger partial charge in [0.25, 0.3) is 0 Å². The highest BCUT2D eigenvalue weighted by atomic mass is 16.5. The molecular formula is C18H34N2O. The van der Waals surface area contributed by atoms with Gasteiger partial charge in [-0.15, -0.1) is 0 Å². The summed E-state index contributed by atoms with van der Waals surface area (Å²) in [6.45, 7) is 11.7. The fourth-order valence-electron chi connectivity index (χ4n) is 4.64. The number of ether oxygens (including phenoxy) is 1. The summed E-state index contributed by atoms with van der Waals surface area (Å²) in [6, 6.07) is 0.634. The summed E-state index contributed by atoms with van der Waals surface area (Å²) >= 11 is 0. The summed E-state index contributed by atoms with van der Waals surface area (Å²) in [5, 5.41) is 3.94. The lowest BCUT2D eigenvalue weighted by atomic mass is 9.80. The van der Waals surface area contributed by atoms with Gasteiger partial charge in [-0.2, -0.15) is 0 Å². The molecule has 122 valence electrons. The molecule has 0 amide bonds. The second kappa shape index (κ2) is 6.17. The van der Waals surface area contributed by atoms with Crippen LogP contribution in [0.5, 0.6) is 0 Å². The third-order valence-corrected chi connectivity index (χ3v) is 5.89. The number of nitrogens with zero attached hydrogens (tertiary/aromatic N) is 1. The smallest absolute Gasteiger partial charge is 0.0702 e. The van der Waals surface area contributed by atoms with E-state index in [0.29, 0.717) is 23.1 Å². The molecule has 21 heavy (non-hydrogen) atoms. The van der Waals surface area contributed by atoms with Crippen LogP contribution in [0.4, 0.5) is 0 Å². The van der Waals surface area contributed by atoms with Gasteiger partial charge in [-0.05, 0) is 37.5 Å². The normalized spacial score (nSPS) is 34.4. The van der Waals surface area contributed by atoms with Gasteiger partial charge in [0, 0.05) is 37.8 Å². The molecule has 2 unspecified atom stereocenters. The molecule has 1 aliphatic carbocycles. The zero-order valence-electron chi connectivity index (χ0n) is 14.3. The van der Waals surface area contributed by atoms with E-state index >= 15 is 0 Å². The zero-order valence-corrected chi connectivity index (χ0v) is 14.3. The SMILES string of the molecule is CC(C)(C)C1CNC2(CCCC2)CN1CC1CCCCO1. The average Bonchev–Trinajstić information content (AvgIpc) is 2.87. The van der Waals surface area contributed by atoms with Gasteiger partial charge in [-0.1, -0.05) is 33.6 Å². The highest BCUT2D eigenvalue weighted by Crippen LogP contribution is 2.37. The van der Waals surface area contributed by atoms with Crippen LogP contribution >= 0.6 is 0 Å². The molecule has 3 heteroatoms. The van der Waals surface area contributed by atoms with Crippen molar-refractivity contribution in [2.45, 2.75) is 83.4 Å². The Hall–Kier alpha value is -0.120. The highest BCUT2D eigenvalue weighted by molar-refractivity contribution is 5.03. The molecular weight excluding hydrogens is 260 g/mol. The van der Waals surface area contributed by atoms with E-state index in [1.54, 1.807) is 0 Å². The lowest BCUT2D eigenvalue weighted by Crippen LogP contribution is -2.66. The van der Waals surface area contributed by atoms with E-state index < -0.39 is 0 Å². The second-order valence-electron chi connectivity index (χ2n) is 8.67. The van der Waals surface area contributed by atoms with E-state index in [1.165, 1.54) is 51.5 Å². The molecule has 1 saturated carbocycles. The van der Waals surface area contributed by atoms with Crippen LogP contribution in [-0.4, -0.2) is 48.8 Å². The molecule has 2 heterocycles. The van der Waals surface area contributed by atoms with Gasteiger partial charge >= 0.3 is 0 Å². The Morgan fingerprint density at radius 3 is 2.52 bits per heavy atom. The Labute approximate surface area is 130 Å². The third-order valence-electron chi connectivity index (χ3n) is 5.89. The van der Waals surface area contributed by atoms with Crippen molar-refractivity contribution in [3.8, 4) is 0 Å². The molecule has 3 rings (SSSR count). The van der Waals surface area contributed by atoms with Crippen molar-refractivity contribution in [3.63, 3.8) is 0 Å². The lowest BCUT2D eigenvalue weighted by Gasteiger charge is -2.51. The van der Waals surface area contributed by atoms with Crippen molar-refractivity contribution in [2.24, 2.45) is 5.41 Å². The molecule has 0 bridgehead atoms. The van der Waals surface area contributed by atoms with Gasteiger partial charge in [-0.3, -0.25) is 4.90 Å². The van der Waals surface area contributed by atoms with Crippen LogP contribution in [0.15, 0.2) is 0 Å². The summed E-state index contributed by atoms with van der Waals surface area (Å²) in [4.78, 5) is 2.78. The Morgan fingerprint density at radius 2 is 1.90 bits per heavy atom. The van der Waals surface area contributed by atoms with E-state index in [2.05, 4.69) is 31.0 Å². The Morgan fingerprint density at radius 1 is 1.14 bits per heavy atom. The van der Waals surface area contributed by atoms with Crippen molar-refractivity contribution in [2.75, 3.05) is 26.2 Å². The van der Waals surface area contributed by atoms with Gasteiger partial charge in [0.2, 0.25) is 0 Å². The van der Waals surface area contributed by atoms with E-state index in [-0.39, 0.29) is 0 Å². The molecule has 1 N–H and O–H groups in total. The van der Waals surface area contributed by atoms with E-state index in [1.807, 2.05) is 0 Å². The van der Waals surface area contributed by atoms with Crippen LogP contribution in [0, 0.1) is 5.41 Å². The standard InChI is InChI=1S/C18H34N2O/c1-17(2,3)16-12-19-18(9-5-6-10-18)14-20(16)13-15-8-4-7-11-21-15/h15-16,19H,4-14H2,1-3H3. The van der Waals surface area contributed by atoms with Crippen molar-refractivity contribution in [1.29, 1.82) is 0 Å². The molecule has 3 nitrogen and oxygen atoms in total. The Bertz CT molecular complexity index is 338. The lowest BCUT2D eigenvalue weighted by molar-refractivity contribution is -0.0470. The quantitative estimate of drug-likeness (QED) is 0.846. The summed E-state index contributed by atoms with van der Waals surface area (Å²) in [6.07, 6.45) is 9.88. The fourth-order valence-corrected chi connectivity index (χ4v) is 4.64. The molecule has 1 spiro atoms. The predicted molar refractivity (Wildman–Crippen MR) is 87.6 cm³/mol. The van der Waals surface area contributed by atoms with E-state index in [0.717, 1.165) is 19.7 Å². The first-order valence-corrected chi connectivity index (χ1v) is 9.09. The van der Waals surface area contributed by atoms with Crippen molar-refractivity contribution >= 4 is 0 Å². The highest BCUT2D eigenvalue weighted by Gasteiger charge is 2.44. The summed E-state index contributed by atoms with van der Waals surface area (Å²) < 4.78 is 6.03. The average molecular weight is 294 g/mol. The van der Waals surface area contributed by atoms with E-state index in [9.17, 15) is 0 Å². The van der Waals surface area contributed by atoms with Crippen LogP contribution in [0.1, 0.15) is 65.7 Å². The molecule has 0 aromatic carbocycles. The third kappa shape index (κ3) is 3.62. The van der Waals surface area contributed by atoms with Crippen LogP contribution in [-0.2, 0) is 4.74 Å². The molecule has 0 aromatic heterocycles. The van der Waals surface area contributed by atoms with Crippen molar-refractivity contribution in [1.82, 2.24) is 10.2 Å². The summed E-state index contributed by atoms with van der Waals surface area (Å²) in [5.41, 5.74) is 0.748. The van der Waals surface area contributed by atoms with Crippen LogP contribution in [0.3, 0.4) is 0 Å². The number of hydrogen-bond donors (Lipinski definition) is 1. The van der Waals surface area contributed by atoms with Crippen LogP contribution < -0.4 is 5.32 Å². The molecule has 3 aliphatic rings.